The fourth-order valence-corrected chi connectivity index (χ4v) is 6.04. The van der Waals surface area contributed by atoms with Crippen LogP contribution in [0.15, 0.2) is 40.9 Å². The van der Waals surface area contributed by atoms with Gasteiger partial charge in [-0.2, -0.15) is 4.31 Å². The summed E-state index contributed by atoms with van der Waals surface area (Å²) in [6.07, 6.45) is 3.35. The Morgan fingerprint density at radius 2 is 1.96 bits per heavy atom. The smallest absolute Gasteiger partial charge is 0.252 e. The second kappa shape index (κ2) is 6.49. The lowest BCUT2D eigenvalue weighted by Crippen LogP contribution is -2.44. The van der Waals surface area contributed by atoms with E-state index in [0.717, 1.165) is 10.4 Å². The minimum Gasteiger partial charge on any atom is -0.378 e. The van der Waals surface area contributed by atoms with Crippen molar-refractivity contribution in [2.24, 2.45) is 5.92 Å². The average Bonchev–Trinajstić information content (AvgIpc) is 2.95. The third-order valence-corrected chi connectivity index (χ3v) is 7.78. The van der Waals surface area contributed by atoms with E-state index in [4.69, 9.17) is 4.74 Å². The van der Waals surface area contributed by atoms with Gasteiger partial charge in [0.1, 0.15) is 4.21 Å². The van der Waals surface area contributed by atoms with Gasteiger partial charge in [0.2, 0.25) is 5.91 Å². The SMILES string of the molecule is O=C1N[C@@H]2COC[C@H]1CN(S(=O)(=O)c1ccc(-c3ccncc3)s1)C2. The van der Waals surface area contributed by atoms with Crippen LogP contribution in [0.5, 0.6) is 0 Å². The summed E-state index contributed by atoms with van der Waals surface area (Å²) in [4.78, 5) is 16.9. The summed E-state index contributed by atoms with van der Waals surface area (Å²) in [7, 11) is -3.65. The first kappa shape index (κ1) is 16.6. The lowest BCUT2D eigenvalue weighted by atomic mass is 10.1. The van der Waals surface area contributed by atoms with Crippen LogP contribution in [-0.4, -0.2) is 56.0 Å². The Morgan fingerprint density at radius 3 is 2.76 bits per heavy atom. The molecule has 2 bridgehead atoms. The Morgan fingerprint density at radius 1 is 1.16 bits per heavy atom. The summed E-state index contributed by atoms with van der Waals surface area (Å²) >= 11 is 1.23. The molecule has 1 N–H and O–H groups in total. The molecule has 1 amide bonds. The Hall–Kier alpha value is -1.81. The molecule has 4 heterocycles. The number of pyridine rings is 1. The summed E-state index contributed by atoms with van der Waals surface area (Å²) in [5.74, 6) is -0.606. The maximum absolute atomic E-state index is 13.1. The monoisotopic (exact) mass is 379 g/mol. The molecule has 0 unspecified atom stereocenters. The average molecular weight is 379 g/mol. The molecule has 2 aliphatic rings. The lowest BCUT2D eigenvalue weighted by molar-refractivity contribution is -0.125. The Kier molecular flexibility index (Phi) is 4.32. The van der Waals surface area contributed by atoms with Crippen LogP contribution in [0.1, 0.15) is 0 Å². The van der Waals surface area contributed by atoms with E-state index in [1.165, 1.54) is 15.6 Å². The summed E-state index contributed by atoms with van der Waals surface area (Å²) in [6.45, 7) is 0.961. The van der Waals surface area contributed by atoms with Crippen molar-refractivity contribution in [3.8, 4) is 10.4 Å². The normalized spacial score (nSPS) is 24.6. The maximum Gasteiger partial charge on any atom is 0.252 e. The zero-order valence-electron chi connectivity index (χ0n) is 13.3. The number of nitrogens with one attached hydrogen (secondary N) is 1. The number of aromatic nitrogens is 1. The lowest BCUT2D eigenvalue weighted by Gasteiger charge is -2.26. The second-order valence-corrected chi connectivity index (χ2v) is 9.37. The van der Waals surface area contributed by atoms with Crippen molar-refractivity contribution in [3.05, 3.63) is 36.7 Å². The van der Waals surface area contributed by atoms with Crippen LogP contribution in [-0.2, 0) is 19.6 Å². The first-order chi connectivity index (χ1) is 12.0. The molecular weight excluding hydrogens is 362 g/mol. The van der Waals surface area contributed by atoms with E-state index >= 15 is 0 Å². The first-order valence-electron chi connectivity index (χ1n) is 7.92. The highest BCUT2D eigenvalue weighted by molar-refractivity contribution is 7.91. The van der Waals surface area contributed by atoms with Gasteiger partial charge in [-0.3, -0.25) is 9.78 Å². The van der Waals surface area contributed by atoms with E-state index < -0.39 is 15.9 Å². The number of ether oxygens (including phenoxy) is 1. The largest absolute Gasteiger partial charge is 0.378 e. The molecule has 0 radical (unpaired) electrons. The van der Waals surface area contributed by atoms with Crippen LogP contribution in [0.4, 0.5) is 0 Å². The van der Waals surface area contributed by atoms with Gasteiger partial charge in [-0.15, -0.1) is 11.3 Å². The van der Waals surface area contributed by atoms with E-state index in [-0.39, 0.29) is 35.9 Å². The van der Waals surface area contributed by atoms with Crippen LogP contribution in [0.2, 0.25) is 0 Å². The fourth-order valence-electron chi connectivity index (χ4n) is 3.04. The minimum atomic E-state index is -3.65. The van der Waals surface area contributed by atoms with Gasteiger partial charge < -0.3 is 10.1 Å². The van der Waals surface area contributed by atoms with Gasteiger partial charge in [0.05, 0.1) is 25.2 Å². The van der Waals surface area contributed by atoms with Crippen LogP contribution in [0, 0.1) is 5.92 Å². The Bertz CT molecular complexity index is 882. The van der Waals surface area contributed by atoms with Crippen molar-refractivity contribution in [1.82, 2.24) is 14.6 Å². The molecule has 0 spiro atoms. The molecule has 132 valence electrons. The molecule has 2 aromatic heterocycles. The molecule has 2 fully saturated rings. The van der Waals surface area contributed by atoms with E-state index in [9.17, 15) is 13.2 Å². The summed E-state index contributed by atoms with van der Waals surface area (Å²) < 4.78 is 33.3. The minimum absolute atomic E-state index is 0.135. The van der Waals surface area contributed by atoms with Gasteiger partial charge in [-0.25, -0.2) is 8.42 Å². The molecule has 9 heteroatoms. The third kappa shape index (κ3) is 3.20. The number of amides is 1. The molecular formula is C16H17N3O4S2. The first-order valence-corrected chi connectivity index (χ1v) is 10.2. The second-order valence-electron chi connectivity index (χ2n) is 6.12. The van der Waals surface area contributed by atoms with Crippen molar-refractivity contribution in [2.75, 3.05) is 26.3 Å². The van der Waals surface area contributed by atoms with Crippen molar-refractivity contribution >= 4 is 27.3 Å². The molecule has 2 saturated heterocycles. The van der Waals surface area contributed by atoms with Crippen molar-refractivity contribution in [1.29, 1.82) is 0 Å². The van der Waals surface area contributed by atoms with Gasteiger partial charge in [-0.1, -0.05) is 0 Å². The third-order valence-electron chi connectivity index (χ3n) is 4.34. The predicted octanol–water partition coefficient (Wildman–Crippen LogP) is 0.946. The van der Waals surface area contributed by atoms with Crippen molar-refractivity contribution in [2.45, 2.75) is 10.3 Å². The van der Waals surface area contributed by atoms with Crippen LogP contribution >= 0.6 is 11.3 Å². The zero-order chi connectivity index (χ0) is 17.4. The van der Waals surface area contributed by atoms with Gasteiger partial charge in [0.25, 0.3) is 10.0 Å². The topological polar surface area (TPSA) is 88.6 Å². The van der Waals surface area contributed by atoms with E-state index in [1.54, 1.807) is 24.5 Å². The quantitative estimate of drug-likeness (QED) is 0.858. The number of carbonyl (C=O) groups excluding carboxylic acids is 1. The van der Waals surface area contributed by atoms with Crippen molar-refractivity contribution in [3.63, 3.8) is 0 Å². The Balaban J connectivity index is 1.64. The number of nitrogens with zero attached hydrogens (tertiary/aromatic N) is 2. The maximum atomic E-state index is 13.1. The number of rotatable bonds is 3. The van der Waals surface area contributed by atoms with Gasteiger partial charge >= 0.3 is 0 Å². The number of fused-ring (bicyclic) bond motifs is 3. The van der Waals surface area contributed by atoms with E-state index in [0.29, 0.717) is 6.61 Å². The summed E-state index contributed by atoms with van der Waals surface area (Å²) in [5, 5.41) is 2.85. The summed E-state index contributed by atoms with van der Waals surface area (Å²) in [5.41, 5.74) is 0.930. The van der Waals surface area contributed by atoms with Gasteiger partial charge in [0.15, 0.2) is 0 Å². The zero-order valence-corrected chi connectivity index (χ0v) is 14.9. The highest BCUT2D eigenvalue weighted by Crippen LogP contribution is 2.33. The molecule has 25 heavy (non-hydrogen) atoms. The number of thiophene rings is 1. The van der Waals surface area contributed by atoms with Gasteiger partial charge in [0, 0.05) is 30.4 Å². The predicted molar refractivity (Wildman–Crippen MR) is 92.5 cm³/mol. The number of hydrogen-bond donors (Lipinski definition) is 1. The van der Waals surface area contributed by atoms with Crippen LogP contribution in [0.3, 0.4) is 0 Å². The molecule has 2 aliphatic heterocycles. The van der Waals surface area contributed by atoms with Crippen LogP contribution < -0.4 is 5.32 Å². The molecule has 0 aliphatic carbocycles. The highest BCUT2D eigenvalue weighted by Gasteiger charge is 2.38. The molecule has 0 saturated carbocycles. The molecule has 0 aromatic carbocycles. The molecule has 7 nitrogen and oxygen atoms in total. The molecule has 4 rings (SSSR count). The Labute approximate surface area is 149 Å². The highest BCUT2D eigenvalue weighted by atomic mass is 32.2. The van der Waals surface area contributed by atoms with E-state index in [2.05, 4.69) is 10.3 Å². The van der Waals surface area contributed by atoms with E-state index in [1.807, 2.05) is 12.1 Å². The van der Waals surface area contributed by atoms with Crippen molar-refractivity contribution < 1.29 is 17.9 Å². The number of hydrogen-bond acceptors (Lipinski definition) is 6. The number of sulfonamides is 1. The molecule has 2 atom stereocenters. The standard InChI is InChI=1S/C16H17N3O4S2/c20-16-12-7-19(8-13(18-16)10-23-9-12)25(21,22)15-2-1-14(24-15)11-3-5-17-6-4-11/h1-6,12-13H,7-10H2,(H,18,20)/t12-,13+/m1/s1. The van der Waals surface area contributed by atoms with Gasteiger partial charge in [-0.05, 0) is 29.8 Å². The van der Waals surface area contributed by atoms with Crippen LogP contribution in [0.25, 0.3) is 10.4 Å². The fraction of sp³-hybridized carbons (Fsp3) is 0.375. The molecule has 2 aromatic rings. The number of carbonyl (C=O) groups is 1. The summed E-state index contributed by atoms with van der Waals surface area (Å²) in [6, 6.07) is 6.81.